The zero-order valence-corrected chi connectivity index (χ0v) is 21.5. The first-order chi connectivity index (χ1) is 15.7. The van der Waals surface area contributed by atoms with E-state index in [0.717, 1.165) is 24.6 Å². The van der Waals surface area contributed by atoms with E-state index in [9.17, 15) is 0 Å². The Balaban J connectivity index is 0.00000306. The van der Waals surface area contributed by atoms with Gasteiger partial charge in [-0.1, -0.05) is 54.6 Å². The molecule has 1 saturated heterocycles. The third-order valence-corrected chi connectivity index (χ3v) is 5.50. The summed E-state index contributed by atoms with van der Waals surface area (Å²) in [6.07, 6.45) is 3.88. The second-order valence-electron chi connectivity index (χ2n) is 7.95. The SMILES string of the molecule is CN=C(NCc1cccc(COCc2ccccc2)c1)N1CCOC(c2cnn(C)c2)C1.I. The smallest absolute Gasteiger partial charge is 0.194 e. The molecule has 0 bridgehead atoms. The van der Waals surface area contributed by atoms with Gasteiger partial charge >= 0.3 is 0 Å². The van der Waals surface area contributed by atoms with Crippen molar-refractivity contribution in [2.75, 3.05) is 26.7 Å². The lowest BCUT2D eigenvalue weighted by molar-refractivity contribution is -0.00805. The largest absolute Gasteiger partial charge is 0.372 e. The molecule has 3 aromatic rings. The van der Waals surface area contributed by atoms with E-state index in [1.165, 1.54) is 16.7 Å². The highest BCUT2D eigenvalue weighted by atomic mass is 127. The number of morpholine rings is 1. The lowest BCUT2D eigenvalue weighted by atomic mass is 10.1. The van der Waals surface area contributed by atoms with Crippen LogP contribution in [0.25, 0.3) is 0 Å². The molecule has 0 saturated carbocycles. The highest BCUT2D eigenvalue weighted by molar-refractivity contribution is 14.0. The predicted molar refractivity (Wildman–Crippen MR) is 140 cm³/mol. The van der Waals surface area contributed by atoms with Crippen LogP contribution in [0.3, 0.4) is 0 Å². The molecule has 0 aliphatic carbocycles. The van der Waals surface area contributed by atoms with E-state index >= 15 is 0 Å². The molecule has 8 heteroatoms. The van der Waals surface area contributed by atoms with E-state index < -0.39 is 0 Å². The van der Waals surface area contributed by atoms with E-state index in [4.69, 9.17) is 9.47 Å². The molecule has 2 aromatic carbocycles. The Morgan fingerprint density at radius 2 is 1.88 bits per heavy atom. The van der Waals surface area contributed by atoms with Crippen LogP contribution in [0.4, 0.5) is 0 Å². The van der Waals surface area contributed by atoms with Crippen molar-refractivity contribution in [2.24, 2.45) is 12.0 Å². The summed E-state index contributed by atoms with van der Waals surface area (Å²) < 4.78 is 13.7. The number of aryl methyl sites for hydroxylation is 1. The molecule has 1 aliphatic rings. The molecule has 0 amide bonds. The zero-order chi connectivity index (χ0) is 22.2. The maximum absolute atomic E-state index is 5.96. The highest BCUT2D eigenvalue weighted by Crippen LogP contribution is 2.21. The lowest BCUT2D eigenvalue weighted by Crippen LogP contribution is -2.47. The molecule has 33 heavy (non-hydrogen) atoms. The summed E-state index contributed by atoms with van der Waals surface area (Å²) >= 11 is 0. The molecule has 2 heterocycles. The Morgan fingerprint density at radius 1 is 1.12 bits per heavy atom. The fraction of sp³-hybridized carbons (Fsp3) is 0.360. The van der Waals surface area contributed by atoms with Gasteiger partial charge in [-0.25, -0.2) is 0 Å². The van der Waals surface area contributed by atoms with Gasteiger partial charge in [-0.15, -0.1) is 24.0 Å². The number of hydrogen-bond acceptors (Lipinski definition) is 4. The number of benzene rings is 2. The molecule has 176 valence electrons. The Labute approximate surface area is 212 Å². The Hall–Kier alpha value is -2.43. The third-order valence-electron chi connectivity index (χ3n) is 5.50. The molecule has 0 radical (unpaired) electrons. The number of hydrogen-bond donors (Lipinski definition) is 1. The second-order valence-corrected chi connectivity index (χ2v) is 7.95. The van der Waals surface area contributed by atoms with Crippen LogP contribution in [-0.4, -0.2) is 47.4 Å². The van der Waals surface area contributed by atoms with Crippen molar-refractivity contribution in [3.8, 4) is 0 Å². The van der Waals surface area contributed by atoms with E-state index in [0.29, 0.717) is 26.4 Å². The second kappa shape index (κ2) is 12.7. The van der Waals surface area contributed by atoms with Crippen molar-refractivity contribution >= 4 is 29.9 Å². The van der Waals surface area contributed by atoms with Gasteiger partial charge in [0, 0.05) is 38.9 Å². The van der Waals surface area contributed by atoms with Crippen LogP contribution in [0.1, 0.15) is 28.4 Å². The van der Waals surface area contributed by atoms with Crippen LogP contribution in [0.2, 0.25) is 0 Å². The van der Waals surface area contributed by atoms with E-state index in [1.807, 2.05) is 44.7 Å². The van der Waals surface area contributed by atoms with Crippen molar-refractivity contribution in [1.82, 2.24) is 20.0 Å². The van der Waals surface area contributed by atoms with Crippen LogP contribution in [0, 0.1) is 0 Å². The minimum absolute atomic E-state index is 0. The molecule has 1 fully saturated rings. The monoisotopic (exact) mass is 561 g/mol. The number of nitrogens with one attached hydrogen (secondary N) is 1. The van der Waals surface area contributed by atoms with Gasteiger partial charge in [0.15, 0.2) is 5.96 Å². The summed E-state index contributed by atoms with van der Waals surface area (Å²) in [4.78, 5) is 6.74. The van der Waals surface area contributed by atoms with Gasteiger partial charge < -0.3 is 19.7 Å². The van der Waals surface area contributed by atoms with Crippen molar-refractivity contribution in [3.63, 3.8) is 0 Å². The standard InChI is InChI=1S/C25H31N5O2.HI/c1-26-25(30-11-12-32-24(17-30)23-15-28-29(2)16-23)27-14-21-9-6-10-22(13-21)19-31-18-20-7-4-3-5-8-20;/h3-10,13,15-16,24H,11-12,14,17-19H2,1-2H3,(H,26,27);1H. The molecule has 1 aliphatic heterocycles. The fourth-order valence-corrected chi connectivity index (χ4v) is 3.85. The predicted octanol–water partition coefficient (Wildman–Crippen LogP) is 3.90. The van der Waals surface area contributed by atoms with Gasteiger partial charge in [0.2, 0.25) is 0 Å². The van der Waals surface area contributed by atoms with Crippen molar-refractivity contribution in [2.45, 2.75) is 25.9 Å². The van der Waals surface area contributed by atoms with Gasteiger partial charge in [0.25, 0.3) is 0 Å². The van der Waals surface area contributed by atoms with Gasteiger partial charge in [0.05, 0.1) is 32.6 Å². The summed E-state index contributed by atoms with van der Waals surface area (Å²) in [6.45, 7) is 4.13. The summed E-state index contributed by atoms with van der Waals surface area (Å²) in [5.41, 5.74) is 4.64. The molecule has 1 unspecified atom stereocenters. The number of guanidine groups is 1. The summed E-state index contributed by atoms with van der Waals surface area (Å²) in [6, 6.07) is 18.7. The van der Waals surface area contributed by atoms with E-state index in [1.54, 1.807) is 4.68 Å². The number of ether oxygens (including phenoxy) is 2. The summed E-state index contributed by atoms with van der Waals surface area (Å²) in [7, 11) is 3.75. The van der Waals surface area contributed by atoms with Gasteiger partial charge in [-0.2, -0.15) is 5.10 Å². The molecule has 1 N–H and O–H groups in total. The summed E-state index contributed by atoms with van der Waals surface area (Å²) in [5.74, 6) is 0.882. The molecular weight excluding hydrogens is 529 g/mol. The van der Waals surface area contributed by atoms with E-state index in [2.05, 4.69) is 56.7 Å². The quantitative estimate of drug-likeness (QED) is 0.270. The number of rotatable bonds is 7. The first-order valence-corrected chi connectivity index (χ1v) is 11.0. The van der Waals surface area contributed by atoms with Gasteiger partial charge in [-0.3, -0.25) is 9.67 Å². The maximum Gasteiger partial charge on any atom is 0.194 e. The average molecular weight is 561 g/mol. The minimum Gasteiger partial charge on any atom is -0.372 e. The van der Waals surface area contributed by atoms with Crippen LogP contribution in [-0.2, 0) is 36.3 Å². The number of nitrogens with zero attached hydrogens (tertiary/aromatic N) is 4. The topological polar surface area (TPSA) is 63.9 Å². The third kappa shape index (κ3) is 7.28. The first kappa shape index (κ1) is 25.2. The maximum atomic E-state index is 5.96. The van der Waals surface area contributed by atoms with Crippen molar-refractivity contribution in [3.05, 3.63) is 89.2 Å². The molecular formula is C25H32IN5O2. The Morgan fingerprint density at radius 3 is 2.64 bits per heavy atom. The van der Waals surface area contributed by atoms with Crippen LogP contribution in [0.5, 0.6) is 0 Å². The van der Waals surface area contributed by atoms with Crippen LogP contribution in [0.15, 0.2) is 72.0 Å². The zero-order valence-electron chi connectivity index (χ0n) is 19.2. The van der Waals surface area contributed by atoms with Gasteiger partial charge in [-0.05, 0) is 16.7 Å². The summed E-state index contributed by atoms with van der Waals surface area (Å²) in [5, 5.41) is 7.77. The van der Waals surface area contributed by atoms with Gasteiger partial charge in [0.1, 0.15) is 6.10 Å². The molecule has 1 atom stereocenters. The normalized spacial score (nSPS) is 16.4. The van der Waals surface area contributed by atoms with Crippen LogP contribution >= 0.6 is 24.0 Å². The Bertz CT molecular complexity index is 1020. The van der Waals surface area contributed by atoms with E-state index in [-0.39, 0.29) is 30.1 Å². The Kier molecular flexibility index (Phi) is 9.71. The highest BCUT2D eigenvalue weighted by Gasteiger charge is 2.25. The van der Waals surface area contributed by atoms with Crippen LogP contribution < -0.4 is 5.32 Å². The molecule has 4 rings (SSSR count). The number of halogens is 1. The number of aromatic nitrogens is 2. The molecule has 7 nitrogen and oxygen atoms in total. The number of aliphatic imine (C=N–C) groups is 1. The lowest BCUT2D eigenvalue weighted by Gasteiger charge is -2.34. The molecule has 1 aromatic heterocycles. The van der Waals surface area contributed by atoms with Crippen molar-refractivity contribution in [1.29, 1.82) is 0 Å². The fourth-order valence-electron chi connectivity index (χ4n) is 3.85. The minimum atomic E-state index is 0. The molecule has 0 spiro atoms. The van der Waals surface area contributed by atoms with Crippen molar-refractivity contribution < 1.29 is 9.47 Å². The first-order valence-electron chi connectivity index (χ1n) is 11.0. The average Bonchev–Trinajstić information content (AvgIpc) is 3.27.